The maximum Gasteiger partial charge on any atom is 0.261 e. The lowest BCUT2D eigenvalue weighted by Gasteiger charge is -2.29. The highest BCUT2D eigenvalue weighted by atomic mass is 35.5. The first-order valence-corrected chi connectivity index (χ1v) is 10.5. The van der Waals surface area contributed by atoms with Gasteiger partial charge in [0.25, 0.3) is 10.0 Å². The van der Waals surface area contributed by atoms with Crippen LogP contribution < -0.4 is 9.62 Å². The van der Waals surface area contributed by atoms with E-state index in [2.05, 4.69) is 4.72 Å². The highest BCUT2D eigenvalue weighted by molar-refractivity contribution is 7.92. The van der Waals surface area contributed by atoms with Gasteiger partial charge in [0.15, 0.2) is 0 Å². The molecule has 0 aromatic heterocycles. The molecule has 1 heterocycles. The molecule has 6 nitrogen and oxygen atoms in total. The van der Waals surface area contributed by atoms with Crippen molar-refractivity contribution in [3.05, 3.63) is 52.0 Å². The van der Waals surface area contributed by atoms with Crippen molar-refractivity contribution in [2.75, 3.05) is 29.9 Å². The van der Waals surface area contributed by atoms with E-state index in [1.807, 2.05) is 0 Å². The van der Waals surface area contributed by atoms with E-state index in [-0.39, 0.29) is 20.8 Å². The Kier molecular flexibility index (Phi) is 5.95. The highest BCUT2D eigenvalue weighted by Gasteiger charge is 2.24. The predicted molar refractivity (Wildman–Crippen MR) is 106 cm³/mol. The molecule has 144 valence electrons. The van der Waals surface area contributed by atoms with Gasteiger partial charge in [0, 0.05) is 31.5 Å². The van der Waals surface area contributed by atoms with Crippen LogP contribution in [0.1, 0.15) is 12.0 Å². The molecule has 0 unspecified atom stereocenters. The number of nitrogens with zero attached hydrogens (tertiary/aromatic N) is 1. The molecule has 0 fully saturated rings. The van der Waals surface area contributed by atoms with Crippen LogP contribution >= 0.6 is 23.2 Å². The van der Waals surface area contributed by atoms with Crippen molar-refractivity contribution in [1.82, 2.24) is 0 Å². The van der Waals surface area contributed by atoms with E-state index in [1.165, 1.54) is 18.2 Å². The van der Waals surface area contributed by atoms with E-state index in [0.717, 1.165) is 11.3 Å². The number of anilines is 2. The number of benzene rings is 2. The zero-order valence-corrected chi connectivity index (χ0v) is 16.9. The largest absolute Gasteiger partial charge is 0.383 e. The fourth-order valence-electron chi connectivity index (χ4n) is 2.91. The predicted octanol–water partition coefficient (Wildman–Crippen LogP) is 3.72. The molecule has 0 atom stereocenters. The van der Waals surface area contributed by atoms with Gasteiger partial charge in [-0.05, 0) is 48.4 Å². The third kappa shape index (κ3) is 4.38. The lowest BCUT2D eigenvalue weighted by atomic mass is 10.0. The van der Waals surface area contributed by atoms with Crippen molar-refractivity contribution in [2.45, 2.75) is 17.7 Å². The van der Waals surface area contributed by atoms with Gasteiger partial charge in [-0.1, -0.05) is 23.2 Å². The molecule has 1 aliphatic rings. The van der Waals surface area contributed by atoms with Crippen molar-refractivity contribution >= 4 is 50.5 Å². The first-order chi connectivity index (χ1) is 12.8. The van der Waals surface area contributed by atoms with Crippen molar-refractivity contribution in [3.63, 3.8) is 0 Å². The van der Waals surface area contributed by atoms with Crippen molar-refractivity contribution in [1.29, 1.82) is 0 Å². The molecule has 3 rings (SSSR count). The Morgan fingerprint density at radius 1 is 1.11 bits per heavy atom. The van der Waals surface area contributed by atoms with Gasteiger partial charge in [0.1, 0.15) is 0 Å². The summed E-state index contributed by atoms with van der Waals surface area (Å²) in [4.78, 5) is 13.8. The number of amides is 1. The molecule has 0 bridgehead atoms. The Labute approximate surface area is 168 Å². The van der Waals surface area contributed by atoms with Gasteiger partial charge in [-0.3, -0.25) is 9.52 Å². The standard InChI is InChI=1S/C18H18Cl2N2O4S/c1-26-9-8-22-17-6-3-13(10-12(17)2-7-18(22)23)21-27(24,25)14-4-5-15(19)16(20)11-14/h3-6,10-11,21H,2,7-9H2,1H3. The smallest absolute Gasteiger partial charge is 0.261 e. The SMILES string of the molecule is COCCN1C(=O)CCc2cc(NS(=O)(=O)c3ccc(Cl)c(Cl)c3)ccc21. The van der Waals surface area contributed by atoms with Crippen molar-refractivity contribution < 1.29 is 17.9 Å². The molecule has 9 heteroatoms. The quantitative estimate of drug-likeness (QED) is 0.760. The molecule has 0 radical (unpaired) electrons. The average Bonchev–Trinajstić information content (AvgIpc) is 2.63. The number of nitrogens with one attached hydrogen (secondary N) is 1. The van der Waals surface area contributed by atoms with E-state index in [4.69, 9.17) is 27.9 Å². The fourth-order valence-corrected chi connectivity index (χ4v) is 4.35. The third-order valence-electron chi connectivity index (χ3n) is 4.25. The van der Waals surface area contributed by atoms with Gasteiger partial charge in [0.2, 0.25) is 5.91 Å². The maximum absolute atomic E-state index is 12.6. The summed E-state index contributed by atoms with van der Waals surface area (Å²) in [5.74, 6) is 0.0312. The van der Waals surface area contributed by atoms with E-state index in [0.29, 0.717) is 31.7 Å². The third-order valence-corrected chi connectivity index (χ3v) is 6.37. The topological polar surface area (TPSA) is 75.7 Å². The fraction of sp³-hybridized carbons (Fsp3) is 0.278. The number of carbonyl (C=O) groups excluding carboxylic acids is 1. The molecule has 0 aliphatic carbocycles. The first-order valence-electron chi connectivity index (χ1n) is 8.22. The summed E-state index contributed by atoms with van der Waals surface area (Å²) in [5, 5.41) is 0.447. The minimum atomic E-state index is -3.81. The second kappa shape index (κ2) is 8.06. The van der Waals surface area contributed by atoms with Crippen LogP contribution in [0.5, 0.6) is 0 Å². The molecule has 1 aliphatic heterocycles. The Balaban J connectivity index is 1.86. The van der Waals surface area contributed by atoms with Gasteiger partial charge < -0.3 is 9.64 Å². The van der Waals surface area contributed by atoms with Gasteiger partial charge in [0.05, 0.1) is 21.5 Å². The van der Waals surface area contributed by atoms with Crippen LogP contribution in [0, 0.1) is 0 Å². The summed E-state index contributed by atoms with van der Waals surface area (Å²) in [6.45, 7) is 0.883. The number of halogens is 2. The summed E-state index contributed by atoms with van der Waals surface area (Å²) < 4.78 is 32.8. The number of ether oxygens (including phenoxy) is 1. The van der Waals surface area contributed by atoms with Crippen molar-refractivity contribution in [2.24, 2.45) is 0 Å². The lowest BCUT2D eigenvalue weighted by molar-refractivity contribution is -0.119. The molecule has 2 aromatic rings. The maximum atomic E-state index is 12.6. The van der Waals surface area contributed by atoms with Gasteiger partial charge in [-0.25, -0.2) is 8.42 Å². The van der Waals surface area contributed by atoms with Crippen LogP contribution in [0.25, 0.3) is 0 Å². The summed E-state index contributed by atoms with van der Waals surface area (Å²) in [7, 11) is -2.23. The minimum absolute atomic E-state index is 0.0199. The number of hydrogen-bond donors (Lipinski definition) is 1. The molecule has 0 saturated carbocycles. The zero-order valence-electron chi connectivity index (χ0n) is 14.5. The van der Waals surface area contributed by atoms with Crippen LogP contribution in [0.4, 0.5) is 11.4 Å². The van der Waals surface area contributed by atoms with Crippen LogP contribution in [-0.2, 0) is 26.0 Å². The van der Waals surface area contributed by atoms with E-state index < -0.39 is 10.0 Å². The van der Waals surface area contributed by atoms with Gasteiger partial charge >= 0.3 is 0 Å². The highest BCUT2D eigenvalue weighted by Crippen LogP contribution is 2.31. The molecule has 1 amide bonds. The number of carbonyl (C=O) groups is 1. The molecular weight excluding hydrogens is 411 g/mol. The number of aryl methyl sites for hydroxylation is 1. The molecule has 2 aromatic carbocycles. The summed E-state index contributed by atoms with van der Waals surface area (Å²) in [6, 6.07) is 9.25. The molecular formula is C18H18Cl2N2O4S. The number of methoxy groups -OCH3 is 1. The Morgan fingerprint density at radius 2 is 1.89 bits per heavy atom. The summed E-state index contributed by atoms with van der Waals surface area (Å²) in [6.07, 6.45) is 0.930. The van der Waals surface area contributed by atoms with Crippen LogP contribution in [0.15, 0.2) is 41.3 Å². The lowest BCUT2D eigenvalue weighted by Crippen LogP contribution is -2.37. The Hall–Kier alpha value is -1.80. The first kappa shape index (κ1) is 19.9. The van der Waals surface area contributed by atoms with E-state index >= 15 is 0 Å². The van der Waals surface area contributed by atoms with Crippen molar-refractivity contribution in [3.8, 4) is 0 Å². The van der Waals surface area contributed by atoms with E-state index in [1.54, 1.807) is 30.2 Å². The number of rotatable bonds is 6. The minimum Gasteiger partial charge on any atom is -0.383 e. The molecule has 27 heavy (non-hydrogen) atoms. The van der Waals surface area contributed by atoms with Crippen LogP contribution in [0.2, 0.25) is 10.0 Å². The molecule has 0 saturated heterocycles. The van der Waals surface area contributed by atoms with Gasteiger partial charge in [-0.15, -0.1) is 0 Å². The second-order valence-corrected chi connectivity index (χ2v) is 8.56. The molecule has 0 spiro atoms. The Morgan fingerprint density at radius 3 is 2.59 bits per heavy atom. The summed E-state index contributed by atoms with van der Waals surface area (Å²) >= 11 is 11.8. The Bertz CT molecular complexity index is 979. The monoisotopic (exact) mass is 428 g/mol. The summed E-state index contributed by atoms with van der Waals surface area (Å²) in [5.41, 5.74) is 2.10. The molecule has 1 N–H and O–H groups in total. The van der Waals surface area contributed by atoms with Crippen LogP contribution in [0.3, 0.4) is 0 Å². The number of fused-ring (bicyclic) bond motifs is 1. The van der Waals surface area contributed by atoms with Gasteiger partial charge in [-0.2, -0.15) is 0 Å². The van der Waals surface area contributed by atoms with E-state index in [9.17, 15) is 13.2 Å². The number of hydrogen-bond acceptors (Lipinski definition) is 4. The normalized spacial score (nSPS) is 14.2. The number of sulfonamides is 1. The zero-order chi connectivity index (χ0) is 19.6. The average molecular weight is 429 g/mol. The van der Waals surface area contributed by atoms with Crippen LogP contribution in [-0.4, -0.2) is 34.6 Å². The second-order valence-electron chi connectivity index (χ2n) is 6.06.